The maximum atomic E-state index is 12.1. The van der Waals surface area contributed by atoms with Crippen LogP contribution in [0, 0.1) is 5.92 Å². The third-order valence-electron chi connectivity index (χ3n) is 4.36. The van der Waals surface area contributed by atoms with E-state index in [-0.39, 0.29) is 18.6 Å². The highest BCUT2D eigenvalue weighted by Gasteiger charge is 2.22. The van der Waals surface area contributed by atoms with Gasteiger partial charge in [0, 0.05) is 6.04 Å². The van der Waals surface area contributed by atoms with Crippen molar-refractivity contribution in [2.24, 2.45) is 5.92 Å². The van der Waals surface area contributed by atoms with Crippen molar-refractivity contribution in [3.05, 3.63) is 29.8 Å². The highest BCUT2D eigenvalue weighted by Crippen LogP contribution is 2.28. The van der Waals surface area contributed by atoms with Gasteiger partial charge in [-0.15, -0.1) is 0 Å². The van der Waals surface area contributed by atoms with Crippen molar-refractivity contribution in [2.45, 2.75) is 45.6 Å². The van der Waals surface area contributed by atoms with Gasteiger partial charge in [-0.05, 0) is 43.4 Å². The zero-order valence-electron chi connectivity index (χ0n) is 14.3. The second kappa shape index (κ2) is 8.61. The standard InChI is InChI=1S/C19H27NO3/c1-4-7-15-10-11-17(18(12-15)22-3)23-13-19(21)20-16-9-6-5-8-14(16)2/h4,7,10-12,14,16H,5-6,8-9,13H2,1-3H3,(H,20,21)/b7-4+. The van der Waals surface area contributed by atoms with Crippen LogP contribution < -0.4 is 14.8 Å². The van der Waals surface area contributed by atoms with Crippen LogP contribution in [0.3, 0.4) is 0 Å². The van der Waals surface area contributed by atoms with Gasteiger partial charge in [-0.2, -0.15) is 0 Å². The van der Waals surface area contributed by atoms with Gasteiger partial charge in [0.25, 0.3) is 5.91 Å². The van der Waals surface area contributed by atoms with E-state index in [0.29, 0.717) is 17.4 Å². The Morgan fingerprint density at radius 3 is 2.78 bits per heavy atom. The van der Waals surface area contributed by atoms with Crippen LogP contribution >= 0.6 is 0 Å². The summed E-state index contributed by atoms with van der Waals surface area (Å²) in [5.41, 5.74) is 1.04. The first-order chi connectivity index (χ1) is 11.1. The molecule has 1 aliphatic carbocycles. The number of amides is 1. The SMILES string of the molecule is C/C=C/c1ccc(OCC(=O)NC2CCCCC2C)c(OC)c1. The predicted octanol–water partition coefficient (Wildman–Crippen LogP) is 3.80. The van der Waals surface area contributed by atoms with Crippen LogP contribution in [0.2, 0.25) is 0 Å². The number of allylic oxidation sites excluding steroid dienone is 1. The Morgan fingerprint density at radius 1 is 1.30 bits per heavy atom. The Labute approximate surface area is 138 Å². The van der Waals surface area contributed by atoms with Crippen molar-refractivity contribution in [2.75, 3.05) is 13.7 Å². The molecular formula is C19H27NO3. The highest BCUT2D eigenvalue weighted by atomic mass is 16.5. The molecule has 1 aromatic carbocycles. The van der Waals surface area contributed by atoms with Crippen molar-refractivity contribution in [1.82, 2.24) is 5.32 Å². The van der Waals surface area contributed by atoms with E-state index in [4.69, 9.17) is 9.47 Å². The van der Waals surface area contributed by atoms with Gasteiger partial charge in [0.15, 0.2) is 18.1 Å². The van der Waals surface area contributed by atoms with E-state index >= 15 is 0 Å². The van der Waals surface area contributed by atoms with E-state index < -0.39 is 0 Å². The molecule has 2 unspecified atom stereocenters. The van der Waals surface area contributed by atoms with Crippen molar-refractivity contribution < 1.29 is 14.3 Å². The van der Waals surface area contributed by atoms with Gasteiger partial charge in [-0.1, -0.05) is 38.0 Å². The molecule has 1 N–H and O–H groups in total. The fraction of sp³-hybridized carbons (Fsp3) is 0.526. The number of rotatable bonds is 6. The number of nitrogens with one attached hydrogen (secondary N) is 1. The summed E-state index contributed by atoms with van der Waals surface area (Å²) >= 11 is 0. The number of benzene rings is 1. The van der Waals surface area contributed by atoms with E-state index in [1.165, 1.54) is 19.3 Å². The molecule has 1 amide bonds. The van der Waals surface area contributed by atoms with Crippen LogP contribution in [0.5, 0.6) is 11.5 Å². The molecule has 0 heterocycles. The second-order valence-electron chi connectivity index (χ2n) is 6.13. The summed E-state index contributed by atoms with van der Waals surface area (Å²) in [6.45, 7) is 4.18. The fourth-order valence-corrected chi connectivity index (χ4v) is 3.02. The molecule has 0 radical (unpaired) electrons. The third-order valence-corrected chi connectivity index (χ3v) is 4.36. The number of methoxy groups -OCH3 is 1. The molecule has 1 aromatic rings. The normalized spacial score (nSPS) is 21.2. The maximum absolute atomic E-state index is 12.1. The van der Waals surface area contributed by atoms with Crippen LogP contribution in [0.15, 0.2) is 24.3 Å². The van der Waals surface area contributed by atoms with Gasteiger partial charge in [0.2, 0.25) is 0 Å². The molecule has 4 nitrogen and oxygen atoms in total. The number of carbonyl (C=O) groups is 1. The minimum absolute atomic E-state index is 0.0164. The molecule has 0 spiro atoms. The topological polar surface area (TPSA) is 47.6 Å². The minimum atomic E-state index is -0.0664. The molecule has 0 aliphatic heterocycles. The van der Waals surface area contributed by atoms with Crippen LogP contribution in [-0.4, -0.2) is 25.7 Å². The Morgan fingerprint density at radius 2 is 2.09 bits per heavy atom. The third kappa shape index (κ3) is 5.02. The molecule has 0 saturated heterocycles. The molecule has 4 heteroatoms. The summed E-state index contributed by atoms with van der Waals surface area (Å²) in [6, 6.07) is 5.96. The predicted molar refractivity (Wildman–Crippen MR) is 92.8 cm³/mol. The number of ether oxygens (including phenoxy) is 2. The largest absolute Gasteiger partial charge is 0.493 e. The first-order valence-corrected chi connectivity index (χ1v) is 8.37. The molecule has 1 fully saturated rings. The number of hydrogen-bond donors (Lipinski definition) is 1. The van der Waals surface area contributed by atoms with Gasteiger partial charge in [0.05, 0.1) is 7.11 Å². The fourth-order valence-electron chi connectivity index (χ4n) is 3.02. The lowest BCUT2D eigenvalue weighted by atomic mass is 9.86. The van der Waals surface area contributed by atoms with E-state index in [0.717, 1.165) is 12.0 Å². The second-order valence-corrected chi connectivity index (χ2v) is 6.13. The monoisotopic (exact) mass is 317 g/mol. The molecule has 0 bridgehead atoms. The summed E-state index contributed by atoms with van der Waals surface area (Å²) in [5, 5.41) is 3.09. The summed E-state index contributed by atoms with van der Waals surface area (Å²) in [4.78, 5) is 12.1. The zero-order chi connectivity index (χ0) is 16.7. The Bertz CT molecular complexity index is 554. The lowest BCUT2D eigenvalue weighted by molar-refractivity contribution is -0.124. The number of hydrogen-bond acceptors (Lipinski definition) is 3. The summed E-state index contributed by atoms with van der Waals surface area (Å²) in [7, 11) is 1.60. The smallest absolute Gasteiger partial charge is 0.258 e. The molecule has 2 rings (SSSR count). The van der Waals surface area contributed by atoms with Crippen molar-refractivity contribution in [3.63, 3.8) is 0 Å². The average molecular weight is 317 g/mol. The lowest BCUT2D eigenvalue weighted by Crippen LogP contribution is -2.43. The first kappa shape index (κ1) is 17.4. The van der Waals surface area contributed by atoms with Crippen LogP contribution in [0.1, 0.15) is 45.1 Å². The van der Waals surface area contributed by atoms with Gasteiger partial charge in [-0.25, -0.2) is 0 Å². The highest BCUT2D eigenvalue weighted by molar-refractivity contribution is 5.78. The molecule has 2 atom stereocenters. The summed E-state index contributed by atoms with van der Waals surface area (Å²) in [6.07, 6.45) is 8.66. The molecule has 0 aromatic heterocycles. The molecule has 1 saturated carbocycles. The van der Waals surface area contributed by atoms with E-state index in [1.807, 2.05) is 37.3 Å². The Hall–Kier alpha value is -1.97. The maximum Gasteiger partial charge on any atom is 0.258 e. The first-order valence-electron chi connectivity index (χ1n) is 8.37. The lowest BCUT2D eigenvalue weighted by Gasteiger charge is -2.29. The van der Waals surface area contributed by atoms with Gasteiger partial charge in [0.1, 0.15) is 0 Å². The average Bonchev–Trinajstić information content (AvgIpc) is 2.56. The molecule has 23 heavy (non-hydrogen) atoms. The minimum Gasteiger partial charge on any atom is -0.493 e. The van der Waals surface area contributed by atoms with Crippen LogP contribution in [0.4, 0.5) is 0 Å². The van der Waals surface area contributed by atoms with Gasteiger partial charge >= 0.3 is 0 Å². The quantitative estimate of drug-likeness (QED) is 0.868. The molecule has 126 valence electrons. The Kier molecular flexibility index (Phi) is 6.51. The summed E-state index contributed by atoms with van der Waals surface area (Å²) in [5.74, 6) is 1.71. The Balaban J connectivity index is 1.90. The number of carbonyl (C=O) groups excluding carboxylic acids is 1. The van der Waals surface area contributed by atoms with Gasteiger partial charge < -0.3 is 14.8 Å². The van der Waals surface area contributed by atoms with Gasteiger partial charge in [-0.3, -0.25) is 4.79 Å². The van der Waals surface area contributed by atoms with Crippen molar-refractivity contribution in [1.29, 1.82) is 0 Å². The molecular weight excluding hydrogens is 290 g/mol. The van der Waals surface area contributed by atoms with E-state index in [9.17, 15) is 4.79 Å². The zero-order valence-corrected chi connectivity index (χ0v) is 14.3. The van der Waals surface area contributed by atoms with Crippen LogP contribution in [0.25, 0.3) is 6.08 Å². The van der Waals surface area contributed by atoms with E-state index in [2.05, 4.69) is 12.2 Å². The molecule has 1 aliphatic rings. The van der Waals surface area contributed by atoms with Crippen LogP contribution in [-0.2, 0) is 4.79 Å². The van der Waals surface area contributed by atoms with Crippen molar-refractivity contribution in [3.8, 4) is 11.5 Å². The van der Waals surface area contributed by atoms with Crippen molar-refractivity contribution >= 4 is 12.0 Å². The summed E-state index contributed by atoms with van der Waals surface area (Å²) < 4.78 is 11.0. The van der Waals surface area contributed by atoms with E-state index in [1.54, 1.807) is 7.11 Å².